The molecule has 0 aromatic carbocycles. The Morgan fingerprint density at radius 2 is 1.94 bits per heavy atom. The molecule has 0 spiro atoms. The number of nitrogens with zero attached hydrogens (tertiary/aromatic N) is 1. The summed E-state index contributed by atoms with van der Waals surface area (Å²) >= 11 is 0. The molecule has 2 unspecified atom stereocenters. The van der Waals surface area contributed by atoms with E-state index in [4.69, 9.17) is 10.5 Å². The zero-order valence-corrected chi connectivity index (χ0v) is 11.7. The van der Waals surface area contributed by atoms with E-state index in [-0.39, 0.29) is 5.54 Å². The summed E-state index contributed by atoms with van der Waals surface area (Å²) in [5, 5.41) is 0. The summed E-state index contributed by atoms with van der Waals surface area (Å²) in [5.41, 5.74) is 6.74. The average Bonchev–Trinajstić information content (AvgIpc) is 2.73. The number of piperidine rings is 1. The molecule has 0 aromatic heterocycles. The first-order chi connectivity index (χ1) is 8.06. The molecule has 2 aliphatic heterocycles. The SMILES string of the molecule is CCC1(C)CCN(C2(CN)CCOC2C)CC1. The molecule has 2 N–H and O–H groups in total. The number of likely N-dealkylation sites (tertiary alicyclic amines) is 1. The maximum Gasteiger partial charge on any atom is 0.0743 e. The lowest BCUT2D eigenvalue weighted by Gasteiger charge is -2.48. The second kappa shape index (κ2) is 4.87. The first-order valence-electron chi connectivity index (χ1n) is 7.13. The van der Waals surface area contributed by atoms with Crippen molar-refractivity contribution in [3.8, 4) is 0 Å². The Kier molecular flexibility index (Phi) is 3.81. The molecule has 100 valence electrons. The van der Waals surface area contributed by atoms with Crippen LogP contribution in [-0.4, -0.2) is 42.8 Å². The van der Waals surface area contributed by atoms with Gasteiger partial charge in [-0.1, -0.05) is 20.3 Å². The summed E-state index contributed by atoms with van der Waals surface area (Å²) < 4.78 is 5.77. The molecule has 2 saturated heterocycles. The van der Waals surface area contributed by atoms with Crippen molar-refractivity contribution in [3.63, 3.8) is 0 Å². The van der Waals surface area contributed by atoms with Gasteiger partial charge in [0.1, 0.15) is 0 Å². The lowest BCUT2D eigenvalue weighted by molar-refractivity contribution is -0.0185. The standard InChI is InChI=1S/C14H28N2O/c1-4-13(3)5-8-16(9-6-13)14(11-15)7-10-17-12(14)2/h12H,4-11,15H2,1-3H3. The average molecular weight is 240 g/mol. The van der Waals surface area contributed by atoms with Gasteiger partial charge in [0.05, 0.1) is 11.6 Å². The molecule has 17 heavy (non-hydrogen) atoms. The molecule has 3 nitrogen and oxygen atoms in total. The molecular formula is C14H28N2O. The van der Waals surface area contributed by atoms with Crippen LogP contribution in [0, 0.1) is 5.41 Å². The fourth-order valence-electron chi connectivity index (χ4n) is 3.43. The predicted molar refractivity (Wildman–Crippen MR) is 71.0 cm³/mol. The summed E-state index contributed by atoms with van der Waals surface area (Å²) in [6, 6.07) is 0. The largest absolute Gasteiger partial charge is 0.376 e. The third kappa shape index (κ3) is 2.25. The van der Waals surface area contributed by atoms with Gasteiger partial charge in [0.25, 0.3) is 0 Å². The Hall–Kier alpha value is -0.120. The van der Waals surface area contributed by atoms with E-state index in [2.05, 4.69) is 25.7 Å². The number of hydrogen-bond donors (Lipinski definition) is 1. The van der Waals surface area contributed by atoms with Gasteiger partial charge in [-0.2, -0.15) is 0 Å². The summed E-state index contributed by atoms with van der Waals surface area (Å²) in [6.07, 6.45) is 5.30. The van der Waals surface area contributed by atoms with Crippen LogP contribution < -0.4 is 5.73 Å². The van der Waals surface area contributed by atoms with Crippen molar-refractivity contribution >= 4 is 0 Å². The maximum absolute atomic E-state index is 6.07. The lowest BCUT2D eigenvalue weighted by Crippen LogP contribution is -2.60. The first-order valence-corrected chi connectivity index (χ1v) is 7.13. The van der Waals surface area contributed by atoms with Crippen LogP contribution in [0.15, 0.2) is 0 Å². The smallest absolute Gasteiger partial charge is 0.0743 e. The molecule has 2 rings (SSSR count). The van der Waals surface area contributed by atoms with Crippen LogP contribution in [-0.2, 0) is 4.74 Å². The van der Waals surface area contributed by atoms with Gasteiger partial charge >= 0.3 is 0 Å². The minimum absolute atomic E-state index is 0.120. The summed E-state index contributed by atoms with van der Waals surface area (Å²) in [6.45, 7) is 10.9. The third-order valence-corrected chi connectivity index (χ3v) is 5.47. The van der Waals surface area contributed by atoms with E-state index in [0.717, 1.165) is 19.6 Å². The van der Waals surface area contributed by atoms with Gasteiger partial charge in [0.2, 0.25) is 0 Å². The van der Waals surface area contributed by atoms with Gasteiger partial charge in [-0.05, 0) is 44.7 Å². The molecule has 2 atom stereocenters. The molecule has 2 fully saturated rings. The van der Waals surface area contributed by atoms with Crippen molar-refractivity contribution in [2.24, 2.45) is 11.1 Å². The molecule has 0 saturated carbocycles. The molecule has 0 aromatic rings. The quantitative estimate of drug-likeness (QED) is 0.820. The van der Waals surface area contributed by atoms with Crippen molar-refractivity contribution in [1.82, 2.24) is 4.90 Å². The van der Waals surface area contributed by atoms with E-state index < -0.39 is 0 Å². The van der Waals surface area contributed by atoms with Crippen molar-refractivity contribution in [1.29, 1.82) is 0 Å². The highest BCUT2D eigenvalue weighted by molar-refractivity contribution is 5.02. The minimum atomic E-state index is 0.120. The third-order valence-electron chi connectivity index (χ3n) is 5.47. The van der Waals surface area contributed by atoms with Crippen molar-refractivity contribution in [3.05, 3.63) is 0 Å². The summed E-state index contributed by atoms with van der Waals surface area (Å²) in [5.74, 6) is 0. The normalized spacial score (nSPS) is 38.5. The van der Waals surface area contributed by atoms with Crippen LogP contribution in [0.2, 0.25) is 0 Å². The molecule has 2 heterocycles. The van der Waals surface area contributed by atoms with Crippen LogP contribution in [0.3, 0.4) is 0 Å². The van der Waals surface area contributed by atoms with Crippen LogP contribution in [0.4, 0.5) is 0 Å². The highest BCUT2D eigenvalue weighted by Crippen LogP contribution is 2.39. The Labute approximate surface area is 106 Å². The monoisotopic (exact) mass is 240 g/mol. The summed E-state index contributed by atoms with van der Waals surface area (Å²) in [4.78, 5) is 2.61. The van der Waals surface area contributed by atoms with E-state index in [9.17, 15) is 0 Å². The van der Waals surface area contributed by atoms with Crippen molar-refractivity contribution in [2.75, 3.05) is 26.2 Å². The number of ether oxygens (including phenoxy) is 1. The molecule has 0 amide bonds. The fourth-order valence-corrected chi connectivity index (χ4v) is 3.43. The molecular weight excluding hydrogens is 212 g/mol. The molecule has 3 heteroatoms. The van der Waals surface area contributed by atoms with Gasteiger partial charge in [0, 0.05) is 13.2 Å². The molecule has 0 aliphatic carbocycles. The van der Waals surface area contributed by atoms with Gasteiger partial charge in [-0.15, -0.1) is 0 Å². The maximum atomic E-state index is 6.07. The van der Waals surface area contributed by atoms with Gasteiger partial charge in [-0.25, -0.2) is 0 Å². The Bertz CT molecular complexity index is 261. The van der Waals surface area contributed by atoms with Crippen molar-refractivity contribution in [2.45, 2.75) is 58.1 Å². The Morgan fingerprint density at radius 1 is 1.29 bits per heavy atom. The van der Waals surface area contributed by atoms with Crippen LogP contribution in [0.25, 0.3) is 0 Å². The lowest BCUT2D eigenvalue weighted by atomic mass is 9.76. The fraction of sp³-hybridized carbons (Fsp3) is 1.00. The Balaban J connectivity index is 2.04. The topological polar surface area (TPSA) is 38.5 Å². The minimum Gasteiger partial charge on any atom is -0.376 e. The first kappa shape index (κ1) is 13.3. The zero-order valence-electron chi connectivity index (χ0n) is 11.7. The highest BCUT2D eigenvalue weighted by Gasteiger charge is 2.47. The van der Waals surface area contributed by atoms with Gasteiger partial charge in [-0.3, -0.25) is 4.90 Å². The van der Waals surface area contributed by atoms with Crippen molar-refractivity contribution < 1.29 is 4.74 Å². The van der Waals surface area contributed by atoms with Gasteiger partial charge < -0.3 is 10.5 Å². The summed E-state index contributed by atoms with van der Waals surface area (Å²) in [7, 11) is 0. The highest BCUT2D eigenvalue weighted by atomic mass is 16.5. The zero-order chi connectivity index (χ0) is 12.5. The molecule has 2 aliphatic rings. The number of nitrogens with two attached hydrogens (primary N) is 1. The molecule has 0 bridgehead atoms. The second-order valence-corrected chi connectivity index (χ2v) is 6.22. The number of rotatable bonds is 3. The predicted octanol–water partition coefficient (Wildman–Crippen LogP) is 2.00. The van der Waals surface area contributed by atoms with Crippen LogP contribution in [0.5, 0.6) is 0 Å². The van der Waals surface area contributed by atoms with E-state index in [1.807, 2.05) is 0 Å². The van der Waals surface area contributed by atoms with Crippen LogP contribution >= 0.6 is 0 Å². The van der Waals surface area contributed by atoms with Gasteiger partial charge in [0.15, 0.2) is 0 Å². The van der Waals surface area contributed by atoms with E-state index >= 15 is 0 Å². The second-order valence-electron chi connectivity index (χ2n) is 6.22. The van der Waals surface area contributed by atoms with E-state index in [1.165, 1.54) is 32.4 Å². The van der Waals surface area contributed by atoms with E-state index in [1.54, 1.807) is 0 Å². The van der Waals surface area contributed by atoms with Crippen LogP contribution in [0.1, 0.15) is 46.5 Å². The number of hydrogen-bond acceptors (Lipinski definition) is 3. The molecule has 0 radical (unpaired) electrons. The Morgan fingerprint density at radius 3 is 2.35 bits per heavy atom. The van der Waals surface area contributed by atoms with E-state index in [0.29, 0.717) is 11.5 Å².